The van der Waals surface area contributed by atoms with Gasteiger partial charge in [0.2, 0.25) is 3.79 Å². The summed E-state index contributed by atoms with van der Waals surface area (Å²) in [6.07, 6.45) is 0.246. The van der Waals surface area contributed by atoms with Gasteiger partial charge in [0.1, 0.15) is 6.17 Å². The third kappa shape index (κ3) is 7.22. The van der Waals surface area contributed by atoms with Crippen molar-refractivity contribution in [3.63, 3.8) is 0 Å². The smallest absolute Gasteiger partial charge is 0.288 e. The Bertz CT molecular complexity index is 1040. The van der Waals surface area contributed by atoms with Crippen LogP contribution in [0.5, 0.6) is 0 Å². The van der Waals surface area contributed by atoms with E-state index < -0.39 is 15.9 Å². The number of halogens is 3. The summed E-state index contributed by atoms with van der Waals surface area (Å²) < 4.78 is 3.16. The van der Waals surface area contributed by atoms with Crippen molar-refractivity contribution in [2.75, 3.05) is 5.32 Å². The molecule has 160 valence electrons. The molecule has 0 aliphatic rings. The average Bonchev–Trinajstić information content (AvgIpc) is 3.28. The van der Waals surface area contributed by atoms with Crippen molar-refractivity contribution in [1.82, 2.24) is 10.6 Å². The minimum Gasteiger partial charge on any atom is -0.459 e. The maximum atomic E-state index is 12.2. The SMILES string of the molecule is O=C(N[C@@H](NC(=S)Nc1ccc(N=Nc2ccccc2)cc1)C(Cl)(Cl)Cl)c1ccco1. The number of alkyl halides is 3. The van der Waals surface area contributed by atoms with E-state index in [4.69, 9.17) is 51.4 Å². The molecule has 1 aromatic heterocycles. The molecule has 3 N–H and O–H groups in total. The molecule has 3 aromatic rings. The van der Waals surface area contributed by atoms with Crippen molar-refractivity contribution in [2.45, 2.75) is 9.96 Å². The predicted molar refractivity (Wildman–Crippen MR) is 127 cm³/mol. The largest absolute Gasteiger partial charge is 0.459 e. The van der Waals surface area contributed by atoms with Gasteiger partial charge in [-0.15, -0.1) is 0 Å². The van der Waals surface area contributed by atoms with Crippen LogP contribution in [-0.4, -0.2) is 21.0 Å². The second kappa shape index (κ2) is 10.6. The van der Waals surface area contributed by atoms with E-state index >= 15 is 0 Å². The highest BCUT2D eigenvalue weighted by atomic mass is 35.6. The molecule has 1 atom stereocenters. The molecular formula is C20H16Cl3N5O2S. The van der Waals surface area contributed by atoms with Gasteiger partial charge in [-0.25, -0.2) is 0 Å². The number of nitrogens with zero attached hydrogens (tertiary/aromatic N) is 2. The monoisotopic (exact) mass is 495 g/mol. The van der Waals surface area contributed by atoms with Gasteiger partial charge in [0.25, 0.3) is 5.91 Å². The van der Waals surface area contributed by atoms with Crippen molar-refractivity contribution in [1.29, 1.82) is 0 Å². The molecule has 11 heteroatoms. The fourth-order valence-corrected chi connectivity index (χ4v) is 2.89. The zero-order chi connectivity index (χ0) is 22.3. The Kier molecular flexibility index (Phi) is 7.86. The fourth-order valence-electron chi connectivity index (χ4n) is 2.33. The van der Waals surface area contributed by atoms with Crippen LogP contribution in [0, 0.1) is 0 Å². The number of benzene rings is 2. The lowest BCUT2D eigenvalue weighted by Gasteiger charge is -2.27. The van der Waals surface area contributed by atoms with Crippen LogP contribution in [-0.2, 0) is 0 Å². The standard InChI is InChI=1S/C20H16Cl3N5O2S/c21-20(22,23)18(25-17(29)16-7-4-12-30-16)26-19(31)24-13-8-10-15(11-9-13)28-27-14-5-2-1-3-6-14/h1-12,18H,(H,25,29)(H2,24,26,31)/t18-/m0/s1. The number of nitrogens with one attached hydrogen (secondary N) is 3. The third-order valence-corrected chi connectivity index (χ3v) is 4.66. The van der Waals surface area contributed by atoms with E-state index in [0.717, 1.165) is 5.69 Å². The van der Waals surface area contributed by atoms with Gasteiger partial charge in [-0.05, 0) is 60.7 Å². The first-order chi connectivity index (χ1) is 14.8. The Morgan fingerprint density at radius 1 is 0.903 bits per heavy atom. The number of thiocarbonyl (C=S) groups is 1. The molecule has 0 aliphatic heterocycles. The zero-order valence-corrected chi connectivity index (χ0v) is 18.8. The Labute approximate surface area is 198 Å². The molecule has 0 saturated heterocycles. The maximum absolute atomic E-state index is 12.2. The first-order valence-corrected chi connectivity index (χ1v) is 10.4. The molecule has 0 saturated carbocycles. The molecule has 0 unspecified atom stereocenters. The van der Waals surface area contributed by atoms with Crippen LogP contribution in [0.25, 0.3) is 0 Å². The number of furan rings is 1. The van der Waals surface area contributed by atoms with E-state index in [1.807, 2.05) is 30.3 Å². The minimum absolute atomic E-state index is 0.0696. The summed E-state index contributed by atoms with van der Waals surface area (Å²) in [5.74, 6) is -0.495. The van der Waals surface area contributed by atoms with E-state index in [0.29, 0.717) is 11.4 Å². The highest BCUT2D eigenvalue weighted by Gasteiger charge is 2.35. The Morgan fingerprint density at radius 2 is 1.55 bits per heavy atom. The predicted octanol–water partition coefficient (Wildman–Crippen LogP) is 6.11. The second-order valence-corrected chi connectivity index (χ2v) is 8.88. The van der Waals surface area contributed by atoms with Crippen LogP contribution in [0.3, 0.4) is 0 Å². The van der Waals surface area contributed by atoms with Crippen LogP contribution in [0.1, 0.15) is 10.6 Å². The van der Waals surface area contributed by atoms with Crippen LogP contribution >= 0.6 is 47.0 Å². The highest BCUT2D eigenvalue weighted by Crippen LogP contribution is 2.29. The van der Waals surface area contributed by atoms with E-state index in [-0.39, 0.29) is 10.9 Å². The lowest BCUT2D eigenvalue weighted by Crippen LogP contribution is -2.56. The summed E-state index contributed by atoms with van der Waals surface area (Å²) in [6, 6.07) is 19.5. The van der Waals surface area contributed by atoms with Gasteiger partial charge in [0.05, 0.1) is 17.6 Å². The molecule has 1 amide bonds. The van der Waals surface area contributed by atoms with Gasteiger partial charge in [-0.3, -0.25) is 4.79 Å². The zero-order valence-electron chi connectivity index (χ0n) is 15.8. The first kappa shape index (κ1) is 23.0. The Balaban J connectivity index is 1.59. The molecule has 0 radical (unpaired) electrons. The molecule has 7 nitrogen and oxygen atoms in total. The van der Waals surface area contributed by atoms with E-state index in [2.05, 4.69) is 26.2 Å². The molecule has 0 aliphatic carbocycles. The van der Waals surface area contributed by atoms with Gasteiger partial charge < -0.3 is 20.4 Å². The van der Waals surface area contributed by atoms with Gasteiger partial charge in [0.15, 0.2) is 10.9 Å². The summed E-state index contributed by atoms with van der Waals surface area (Å²) in [4.78, 5) is 12.2. The van der Waals surface area contributed by atoms with Crippen LogP contribution in [0.4, 0.5) is 17.1 Å². The lowest BCUT2D eigenvalue weighted by molar-refractivity contribution is 0.0906. The highest BCUT2D eigenvalue weighted by molar-refractivity contribution is 7.80. The van der Waals surface area contributed by atoms with Crippen molar-refractivity contribution < 1.29 is 9.21 Å². The van der Waals surface area contributed by atoms with Gasteiger partial charge in [0, 0.05) is 5.69 Å². The van der Waals surface area contributed by atoms with Crippen LogP contribution < -0.4 is 16.0 Å². The molecule has 2 aromatic carbocycles. The minimum atomic E-state index is -1.88. The van der Waals surface area contributed by atoms with Gasteiger partial charge in [-0.2, -0.15) is 10.2 Å². The first-order valence-electron chi connectivity index (χ1n) is 8.87. The summed E-state index contributed by atoms with van der Waals surface area (Å²) >= 11 is 23.2. The van der Waals surface area contributed by atoms with Crippen LogP contribution in [0.15, 0.2) is 87.6 Å². The maximum Gasteiger partial charge on any atom is 0.288 e. The van der Waals surface area contributed by atoms with Crippen molar-refractivity contribution >= 4 is 75.1 Å². The lowest BCUT2D eigenvalue weighted by atomic mass is 10.3. The quantitative estimate of drug-likeness (QED) is 0.166. The molecule has 0 fully saturated rings. The molecule has 0 bridgehead atoms. The average molecular weight is 497 g/mol. The molecule has 0 spiro atoms. The molecular weight excluding hydrogens is 481 g/mol. The summed E-state index contributed by atoms with van der Waals surface area (Å²) in [5.41, 5.74) is 2.08. The fraction of sp³-hybridized carbons (Fsp3) is 0.100. The number of hydrogen-bond acceptors (Lipinski definition) is 5. The second-order valence-electron chi connectivity index (χ2n) is 6.11. The van der Waals surface area contributed by atoms with Crippen LogP contribution in [0.2, 0.25) is 0 Å². The number of hydrogen-bond donors (Lipinski definition) is 3. The summed E-state index contributed by atoms with van der Waals surface area (Å²) in [7, 11) is 0. The number of carbonyl (C=O) groups excluding carboxylic acids is 1. The molecule has 31 heavy (non-hydrogen) atoms. The van der Waals surface area contributed by atoms with E-state index in [9.17, 15) is 4.79 Å². The number of anilines is 1. The van der Waals surface area contributed by atoms with Crippen molar-refractivity contribution in [2.24, 2.45) is 10.2 Å². The Hall–Kier alpha value is -2.65. The molecule has 1 heterocycles. The Morgan fingerprint density at radius 3 is 2.13 bits per heavy atom. The number of amides is 1. The summed E-state index contributed by atoms with van der Waals surface area (Å²) in [6.45, 7) is 0. The van der Waals surface area contributed by atoms with E-state index in [1.54, 1.807) is 30.3 Å². The van der Waals surface area contributed by atoms with E-state index in [1.165, 1.54) is 12.3 Å². The number of carbonyl (C=O) groups is 1. The van der Waals surface area contributed by atoms with Crippen molar-refractivity contribution in [3.05, 3.63) is 78.8 Å². The van der Waals surface area contributed by atoms with Gasteiger partial charge >= 0.3 is 0 Å². The summed E-state index contributed by atoms with van der Waals surface area (Å²) in [5, 5.41) is 16.7. The van der Waals surface area contributed by atoms with Gasteiger partial charge in [-0.1, -0.05) is 53.0 Å². The van der Waals surface area contributed by atoms with Crippen molar-refractivity contribution in [3.8, 4) is 0 Å². The third-order valence-electron chi connectivity index (χ3n) is 3.79. The number of rotatable bonds is 6. The topological polar surface area (TPSA) is 91.0 Å². The number of azo groups is 1. The molecule has 3 rings (SSSR count). The normalized spacial score (nSPS) is 12.4.